The van der Waals surface area contributed by atoms with Crippen molar-refractivity contribution in [1.82, 2.24) is 0 Å². The van der Waals surface area contributed by atoms with E-state index in [4.69, 9.17) is 0 Å². The molecule has 9 aromatic rings. The summed E-state index contributed by atoms with van der Waals surface area (Å²) in [7, 11) is 0. The molecule has 0 saturated heterocycles. The molecule has 9 rings (SSSR count). The number of fused-ring (bicyclic) bond motifs is 5. The van der Waals surface area contributed by atoms with Crippen molar-refractivity contribution in [2.45, 2.75) is 0 Å². The monoisotopic (exact) mass is 629 g/mol. The minimum absolute atomic E-state index is 1.12. The van der Waals surface area contributed by atoms with Crippen LogP contribution in [0.1, 0.15) is 0 Å². The first-order valence-electron chi connectivity index (χ1n) is 16.3. The van der Waals surface area contributed by atoms with Crippen molar-refractivity contribution in [3.63, 3.8) is 0 Å². The first kappa shape index (κ1) is 28.3. The van der Waals surface area contributed by atoms with E-state index in [0.29, 0.717) is 0 Å². The largest absolute Gasteiger partial charge is 0.310 e. The van der Waals surface area contributed by atoms with Gasteiger partial charge in [0.05, 0.1) is 5.69 Å². The Morgan fingerprint density at radius 1 is 0.354 bits per heavy atom. The van der Waals surface area contributed by atoms with E-state index < -0.39 is 0 Å². The van der Waals surface area contributed by atoms with Crippen LogP contribution in [0.4, 0.5) is 17.1 Å². The first-order valence-corrected chi connectivity index (χ1v) is 17.2. The van der Waals surface area contributed by atoms with Crippen LogP contribution in [0.25, 0.3) is 64.3 Å². The van der Waals surface area contributed by atoms with Crippen LogP contribution in [0.2, 0.25) is 0 Å². The highest BCUT2D eigenvalue weighted by molar-refractivity contribution is 7.26. The summed E-state index contributed by atoms with van der Waals surface area (Å²) < 4.78 is 2.61. The zero-order valence-corrected chi connectivity index (χ0v) is 27.1. The summed E-state index contributed by atoms with van der Waals surface area (Å²) in [6, 6.07) is 68.1. The molecule has 1 heterocycles. The minimum Gasteiger partial charge on any atom is -0.310 e. The van der Waals surface area contributed by atoms with Crippen molar-refractivity contribution in [1.29, 1.82) is 0 Å². The Labute approximate surface area is 284 Å². The summed E-state index contributed by atoms with van der Waals surface area (Å²) in [5.74, 6) is 0. The Hall–Kier alpha value is -5.96. The third kappa shape index (κ3) is 5.04. The molecule has 0 aliphatic rings. The summed E-state index contributed by atoms with van der Waals surface area (Å²) in [6.07, 6.45) is 0. The third-order valence-electron chi connectivity index (χ3n) is 9.23. The molecule has 2 heteroatoms. The lowest BCUT2D eigenvalue weighted by molar-refractivity contribution is 1.30. The van der Waals surface area contributed by atoms with Crippen LogP contribution in [-0.4, -0.2) is 0 Å². The van der Waals surface area contributed by atoms with Gasteiger partial charge in [-0.25, -0.2) is 0 Å². The van der Waals surface area contributed by atoms with Crippen molar-refractivity contribution in [3.05, 3.63) is 188 Å². The second-order valence-electron chi connectivity index (χ2n) is 12.2. The Kier molecular flexibility index (Phi) is 7.07. The second kappa shape index (κ2) is 12.0. The number of nitrogens with zero attached hydrogens (tertiary/aromatic N) is 1. The van der Waals surface area contributed by atoms with Crippen molar-refractivity contribution in [2.75, 3.05) is 4.90 Å². The molecule has 48 heavy (non-hydrogen) atoms. The van der Waals surface area contributed by atoms with Crippen LogP contribution in [0.5, 0.6) is 0 Å². The average Bonchev–Trinajstić information content (AvgIpc) is 3.55. The summed E-state index contributed by atoms with van der Waals surface area (Å²) in [5.41, 5.74) is 10.7. The molecular weight excluding hydrogens is 599 g/mol. The maximum Gasteiger partial charge on any atom is 0.0554 e. The fourth-order valence-electron chi connectivity index (χ4n) is 6.92. The van der Waals surface area contributed by atoms with Crippen molar-refractivity contribution >= 4 is 59.3 Å². The van der Waals surface area contributed by atoms with Crippen molar-refractivity contribution in [3.8, 4) is 33.4 Å². The molecule has 0 radical (unpaired) electrons. The van der Waals surface area contributed by atoms with Gasteiger partial charge < -0.3 is 4.90 Å². The fraction of sp³-hybridized carbons (Fsp3) is 0. The van der Waals surface area contributed by atoms with Gasteiger partial charge in [-0.15, -0.1) is 11.3 Å². The highest BCUT2D eigenvalue weighted by Crippen LogP contribution is 2.47. The lowest BCUT2D eigenvalue weighted by atomic mass is 9.99. The molecule has 0 aliphatic heterocycles. The van der Waals surface area contributed by atoms with E-state index in [9.17, 15) is 0 Å². The van der Waals surface area contributed by atoms with Gasteiger partial charge in [0.1, 0.15) is 0 Å². The van der Waals surface area contributed by atoms with Gasteiger partial charge in [-0.3, -0.25) is 0 Å². The maximum atomic E-state index is 2.44. The minimum atomic E-state index is 1.12. The smallest absolute Gasteiger partial charge is 0.0554 e. The summed E-state index contributed by atoms with van der Waals surface area (Å²) in [6.45, 7) is 0. The molecule has 0 saturated carbocycles. The summed E-state index contributed by atoms with van der Waals surface area (Å²) in [4.78, 5) is 2.44. The van der Waals surface area contributed by atoms with E-state index in [0.717, 1.165) is 11.4 Å². The number of benzene rings is 8. The van der Waals surface area contributed by atoms with E-state index in [1.54, 1.807) is 0 Å². The molecule has 1 aromatic heterocycles. The predicted molar refractivity (Wildman–Crippen MR) is 208 cm³/mol. The SMILES string of the molecule is c1ccc(-c2cccc(N(c3cccc(-c4ccccc4)c3)c3cccc4ccc5c6cc(-c7ccccc7)ccc6sc5c34)c2)cc1. The topological polar surface area (TPSA) is 3.24 Å². The normalized spacial score (nSPS) is 11.3. The van der Waals surface area contributed by atoms with Crippen molar-refractivity contribution in [2.24, 2.45) is 0 Å². The van der Waals surface area contributed by atoms with Gasteiger partial charge in [0.25, 0.3) is 0 Å². The molecule has 0 atom stereocenters. The van der Waals surface area contributed by atoms with E-state index in [2.05, 4.69) is 193 Å². The van der Waals surface area contributed by atoms with Crippen LogP contribution in [0, 0.1) is 0 Å². The summed E-state index contributed by atoms with van der Waals surface area (Å²) in [5, 5.41) is 5.10. The van der Waals surface area contributed by atoms with Crippen LogP contribution in [0.15, 0.2) is 188 Å². The Balaban J connectivity index is 1.30. The van der Waals surface area contributed by atoms with Gasteiger partial charge >= 0.3 is 0 Å². The van der Waals surface area contributed by atoms with Crippen LogP contribution >= 0.6 is 11.3 Å². The van der Waals surface area contributed by atoms with E-state index >= 15 is 0 Å². The van der Waals surface area contributed by atoms with Crippen molar-refractivity contribution < 1.29 is 0 Å². The van der Waals surface area contributed by atoms with Crippen LogP contribution < -0.4 is 4.90 Å². The van der Waals surface area contributed by atoms with Gasteiger partial charge in [-0.2, -0.15) is 0 Å². The molecule has 0 amide bonds. The van der Waals surface area contributed by atoms with Gasteiger partial charge in [0.2, 0.25) is 0 Å². The standard InChI is InChI=1S/C46H31NS/c1-4-13-32(14-5-1)36-20-10-22-39(29-36)47(40-23-11-21-37(30-40)33-15-6-2-7-16-33)43-24-12-19-35-25-27-41-42-31-38(34-17-8-3-9-18-34)26-28-44(42)48-46(41)45(35)43/h1-31H. The molecular formula is C46H31NS. The Bertz CT molecular complexity index is 2470. The second-order valence-corrected chi connectivity index (χ2v) is 13.2. The van der Waals surface area contributed by atoms with E-state index in [1.165, 1.54) is 70.0 Å². The van der Waals surface area contributed by atoms with E-state index in [-0.39, 0.29) is 0 Å². The van der Waals surface area contributed by atoms with Gasteiger partial charge in [-0.05, 0) is 81.2 Å². The number of anilines is 3. The van der Waals surface area contributed by atoms with Gasteiger partial charge in [-0.1, -0.05) is 146 Å². The maximum absolute atomic E-state index is 2.44. The molecule has 0 unspecified atom stereocenters. The zero-order chi connectivity index (χ0) is 31.9. The first-order chi connectivity index (χ1) is 23.8. The average molecular weight is 630 g/mol. The molecule has 226 valence electrons. The Morgan fingerprint density at radius 2 is 0.875 bits per heavy atom. The molecule has 0 spiro atoms. The molecule has 0 bridgehead atoms. The lowest BCUT2D eigenvalue weighted by Gasteiger charge is -2.28. The molecule has 8 aromatic carbocycles. The van der Waals surface area contributed by atoms with E-state index in [1.807, 2.05) is 11.3 Å². The lowest BCUT2D eigenvalue weighted by Crippen LogP contribution is -2.10. The number of hydrogen-bond donors (Lipinski definition) is 0. The zero-order valence-electron chi connectivity index (χ0n) is 26.3. The highest BCUT2D eigenvalue weighted by Gasteiger charge is 2.20. The van der Waals surface area contributed by atoms with Crippen LogP contribution in [-0.2, 0) is 0 Å². The molecule has 0 N–H and O–H groups in total. The molecule has 0 fully saturated rings. The third-order valence-corrected chi connectivity index (χ3v) is 10.4. The number of thiophene rings is 1. The van der Waals surface area contributed by atoms with Gasteiger partial charge in [0.15, 0.2) is 0 Å². The van der Waals surface area contributed by atoms with Gasteiger partial charge in [0, 0.05) is 36.9 Å². The fourth-order valence-corrected chi connectivity index (χ4v) is 8.17. The number of hydrogen-bond acceptors (Lipinski definition) is 2. The number of rotatable bonds is 6. The highest BCUT2D eigenvalue weighted by atomic mass is 32.1. The summed E-state index contributed by atoms with van der Waals surface area (Å²) >= 11 is 1.89. The Morgan fingerprint density at radius 3 is 1.46 bits per heavy atom. The molecule has 0 aliphatic carbocycles. The quantitative estimate of drug-likeness (QED) is 0.177. The predicted octanol–water partition coefficient (Wildman–Crippen LogP) is 13.7. The molecule has 1 nitrogen and oxygen atoms in total. The van der Waals surface area contributed by atoms with Crippen LogP contribution in [0.3, 0.4) is 0 Å².